The first-order valence-electron chi connectivity index (χ1n) is 7.13. The number of primary sulfonamides is 1. The lowest BCUT2D eigenvalue weighted by molar-refractivity contribution is 0.455. The van der Waals surface area contributed by atoms with E-state index in [1.807, 2.05) is 0 Å². The fourth-order valence-corrected chi connectivity index (χ4v) is 3.12. The van der Waals surface area contributed by atoms with E-state index in [1.165, 1.54) is 24.4 Å². The molecule has 0 radical (unpaired) electrons. The minimum absolute atomic E-state index is 0.000803. The first kappa shape index (κ1) is 16.5. The molecule has 0 saturated carbocycles. The largest absolute Gasteiger partial charge is 0.250 e. The van der Waals surface area contributed by atoms with Crippen molar-refractivity contribution in [3.8, 4) is 0 Å². The molecule has 4 nitrogen and oxygen atoms in total. The molecule has 1 atom stereocenters. The number of halogens is 2. The van der Waals surface area contributed by atoms with E-state index in [0.29, 0.717) is 11.1 Å². The molecule has 7 heteroatoms. The fraction of sp³-hybridized carbons (Fsp3) is 0.118. The molecule has 0 aliphatic heterocycles. The second-order valence-corrected chi connectivity index (χ2v) is 6.98. The van der Waals surface area contributed by atoms with E-state index < -0.39 is 28.6 Å². The van der Waals surface area contributed by atoms with Crippen LogP contribution in [0.25, 0.3) is 11.1 Å². The highest BCUT2D eigenvalue weighted by Gasteiger charge is 2.21. The molecular formula is C17H14F2N2O2S. The average Bonchev–Trinajstić information content (AvgIpc) is 2.99. The Bertz CT molecular complexity index is 918. The number of hydrogen-bond acceptors (Lipinski definition) is 3. The minimum Gasteiger partial charge on any atom is -0.250 e. The van der Waals surface area contributed by atoms with Gasteiger partial charge < -0.3 is 0 Å². The van der Waals surface area contributed by atoms with Crippen LogP contribution in [0.15, 0.2) is 59.6 Å². The molecule has 1 aliphatic carbocycles. The standard InChI is InChI=1S/C17H14F2N2O2S/c18-9-11-7-15(12-1-4-14(5-2-12)24(20,22)23)16(8-11)13-3-6-17(19)21-10-13/h1-8,10-11H,9H2,(H2,20,22,23). The van der Waals surface area contributed by atoms with Crippen LogP contribution in [0.5, 0.6) is 0 Å². The van der Waals surface area contributed by atoms with Crippen molar-refractivity contribution >= 4 is 21.2 Å². The van der Waals surface area contributed by atoms with Gasteiger partial charge in [-0.3, -0.25) is 4.39 Å². The highest BCUT2D eigenvalue weighted by molar-refractivity contribution is 7.89. The van der Waals surface area contributed by atoms with Crippen molar-refractivity contribution in [3.05, 3.63) is 71.8 Å². The third kappa shape index (κ3) is 3.27. The summed E-state index contributed by atoms with van der Waals surface area (Å²) in [5, 5.41) is 5.09. The lowest BCUT2D eigenvalue weighted by atomic mass is 9.96. The van der Waals surface area contributed by atoms with Gasteiger partial charge in [-0.2, -0.15) is 4.39 Å². The van der Waals surface area contributed by atoms with Gasteiger partial charge in [-0.05, 0) is 41.0 Å². The van der Waals surface area contributed by atoms with Crippen molar-refractivity contribution in [3.63, 3.8) is 0 Å². The van der Waals surface area contributed by atoms with E-state index in [1.54, 1.807) is 30.4 Å². The van der Waals surface area contributed by atoms with Crippen LogP contribution in [-0.2, 0) is 10.0 Å². The Hall–Kier alpha value is -2.38. The Morgan fingerprint density at radius 2 is 1.58 bits per heavy atom. The van der Waals surface area contributed by atoms with Crippen molar-refractivity contribution in [1.29, 1.82) is 0 Å². The fourth-order valence-electron chi connectivity index (χ4n) is 2.61. The minimum atomic E-state index is -3.77. The van der Waals surface area contributed by atoms with Crippen LogP contribution in [0.1, 0.15) is 11.1 Å². The lowest BCUT2D eigenvalue weighted by Gasteiger charge is -2.10. The molecule has 3 rings (SSSR count). The van der Waals surface area contributed by atoms with Crippen LogP contribution in [0.3, 0.4) is 0 Å². The smallest absolute Gasteiger partial charge is 0.238 e. The summed E-state index contributed by atoms with van der Waals surface area (Å²) in [5.74, 6) is -0.986. The zero-order valence-electron chi connectivity index (χ0n) is 12.5. The summed E-state index contributed by atoms with van der Waals surface area (Å²) >= 11 is 0. The Balaban J connectivity index is 2.01. The van der Waals surface area contributed by atoms with Gasteiger partial charge >= 0.3 is 0 Å². The maximum atomic E-state index is 13.1. The molecule has 1 aliphatic rings. The summed E-state index contributed by atoms with van der Waals surface area (Å²) in [6.07, 6.45) is 4.89. The molecule has 0 bridgehead atoms. The van der Waals surface area contributed by atoms with Gasteiger partial charge in [-0.25, -0.2) is 18.5 Å². The van der Waals surface area contributed by atoms with Crippen LogP contribution in [0, 0.1) is 11.9 Å². The number of benzene rings is 1. The third-order valence-corrected chi connectivity index (χ3v) is 4.69. The molecule has 2 N–H and O–H groups in total. The van der Waals surface area contributed by atoms with Gasteiger partial charge in [0.1, 0.15) is 0 Å². The summed E-state index contributed by atoms with van der Waals surface area (Å²) in [7, 11) is -3.77. The quantitative estimate of drug-likeness (QED) is 0.864. The van der Waals surface area contributed by atoms with Crippen LogP contribution in [-0.4, -0.2) is 20.1 Å². The number of hydrogen-bond donors (Lipinski definition) is 1. The molecule has 1 unspecified atom stereocenters. The molecular weight excluding hydrogens is 334 g/mol. The van der Waals surface area contributed by atoms with E-state index in [0.717, 1.165) is 11.1 Å². The van der Waals surface area contributed by atoms with Gasteiger partial charge in [0, 0.05) is 17.7 Å². The van der Waals surface area contributed by atoms with E-state index in [4.69, 9.17) is 5.14 Å². The summed E-state index contributed by atoms with van der Waals surface area (Å²) in [6, 6.07) is 8.82. The van der Waals surface area contributed by atoms with Crippen molar-refractivity contribution < 1.29 is 17.2 Å². The van der Waals surface area contributed by atoms with Crippen LogP contribution in [0.2, 0.25) is 0 Å². The second kappa shape index (κ2) is 6.26. The van der Waals surface area contributed by atoms with Crippen molar-refractivity contribution in [2.75, 3.05) is 6.67 Å². The number of aromatic nitrogens is 1. The predicted molar refractivity (Wildman–Crippen MR) is 87.4 cm³/mol. The number of nitrogens with two attached hydrogens (primary N) is 1. The number of rotatable bonds is 4. The number of nitrogens with zero attached hydrogens (tertiary/aromatic N) is 1. The van der Waals surface area contributed by atoms with Gasteiger partial charge in [0.2, 0.25) is 16.0 Å². The molecule has 1 aromatic heterocycles. The van der Waals surface area contributed by atoms with Crippen molar-refractivity contribution in [1.82, 2.24) is 4.98 Å². The van der Waals surface area contributed by atoms with Crippen LogP contribution < -0.4 is 5.14 Å². The van der Waals surface area contributed by atoms with Gasteiger partial charge in [0.25, 0.3) is 0 Å². The Morgan fingerprint density at radius 1 is 1.00 bits per heavy atom. The van der Waals surface area contributed by atoms with Crippen LogP contribution in [0.4, 0.5) is 8.78 Å². The molecule has 124 valence electrons. The summed E-state index contributed by atoms with van der Waals surface area (Å²) in [6.45, 7) is -0.559. The zero-order valence-corrected chi connectivity index (χ0v) is 13.3. The number of allylic oxidation sites excluding steroid dienone is 4. The number of sulfonamides is 1. The molecule has 0 amide bonds. The topological polar surface area (TPSA) is 73.1 Å². The summed E-state index contributed by atoms with van der Waals surface area (Å²) in [5.41, 5.74) is 2.85. The normalized spacial score (nSPS) is 17.5. The predicted octanol–water partition coefficient (Wildman–Crippen LogP) is 2.93. The van der Waals surface area contributed by atoms with Gasteiger partial charge in [0.15, 0.2) is 0 Å². The molecule has 1 aromatic carbocycles. The third-order valence-electron chi connectivity index (χ3n) is 3.76. The molecule has 0 spiro atoms. The Kier molecular flexibility index (Phi) is 4.29. The summed E-state index contributed by atoms with van der Waals surface area (Å²) in [4.78, 5) is 3.63. The first-order chi connectivity index (χ1) is 11.4. The maximum absolute atomic E-state index is 13.1. The van der Waals surface area contributed by atoms with Gasteiger partial charge in [0.05, 0.1) is 11.6 Å². The van der Waals surface area contributed by atoms with E-state index in [9.17, 15) is 17.2 Å². The van der Waals surface area contributed by atoms with Gasteiger partial charge in [-0.1, -0.05) is 24.3 Å². The van der Waals surface area contributed by atoms with E-state index in [-0.39, 0.29) is 4.90 Å². The van der Waals surface area contributed by atoms with E-state index >= 15 is 0 Å². The molecule has 24 heavy (non-hydrogen) atoms. The monoisotopic (exact) mass is 348 g/mol. The van der Waals surface area contributed by atoms with Gasteiger partial charge in [-0.15, -0.1) is 0 Å². The average molecular weight is 348 g/mol. The molecule has 1 heterocycles. The van der Waals surface area contributed by atoms with Crippen molar-refractivity contribution in [2.45, 2.75) is 4.90 Å². The highest BCUT2D eigenvalue weighted by Crippen LogP contribution is 2.38. The maximum Gasteiger partial charge on any atom is 0.238 e. The van der Waals surface area contributed by atoms with Crippen LogP contribution >= 0.6 is 0 Å². The number of pyridine rings is 1. The molecule has 0 saturated heterocycles. The summed E-state index contributed by atoms with van der Waals surface area (Å²) < 4.78 is 48.8. The zero-order chi connectivity index (χ0) is 17.3. The number of alkyl halides is 1. The Labute approximate surface area is 138 Å². The Morgan fingerprint density at radius 3 is 2.08 bits per heavy atom. The van der Waals surface area contributed by atoms with E-state index in [2.05, 4.69) is 4.98 Å². The van der Waals surface area contributed by atoms with Crippen molar-refractivity contribution in [2.24, 2.45) is 11.1 Å². The molecule has 2 aromatic rings. The SMILES string of the molecule is NS(=O)(=O)c1ccc(C2=CC(CF)C=C2c2ccc(F)nc2)cc1. The lowest BCUT2D eigenvalue weighted by Crippen LogP contribution is -2.11. The molecule has 0 fully saturated rings. The highest BCUT2D eigenvalue weighted by atomic mass is 32.2. The second-order valence-electron chi connectivity index (χ2n) is 5.42. The first-order valence-corrected chi connectivity index (χ1v) is 8.68.